The van der Waals surface area contributed by atoms with Gasteiger partial charge in [0.1, 0.15) is 12.0 Å². The molecule has 0 amide bonds. The number of carbonyl (C=O) groups is 4. The minimum Gasteiger partial charge on any atom is -0.465 e. The molecule has 0 aliphatic carbocycles. The summed E-state index contributed by atoms with van der Waals surface area (Å²) in [7, 11) is 0. The van der Waals surface area contributed by atoms with Gasteiger partial charge in [0.25, 0.3) is 0 Å². The van der Waals surface area contributed by atoms with Crippen LogP contribution in [0.1, 0.15) is 220 Å². The van der Waals surface area contributed by atoms with E-state index in [0.717, 1.165) is 44.8 Å². The van der Waals surface area contributed by atoms with Crippen LogP contribution in [0.25, 0.3) is 6.08 Å². The summed E-state index contributed by atoms with van der Waals surface area (Å²) in [6, 6.07) is 13.0. The molecule has 0 N–H and O–H groups in total. The monoisotopic (exact) mass is 803 g/mol. The molecule has 58 heavy (non-hydrogen) atoms. The van der Waals surface area contributed by atoms with Crippen molar-refractivity contribution in [3.8, 4) is 5.75 Å². The van der Waals surface area contributed by atoms with Gasteiger partial charge in [-0.15, -0.1) is 0 Å². The molecule has 324 valence electrons. The fraction of sp³-hybridized carbons (Fsp3) is 0.647. The summed E-state index contributed by atoms with van der Waals surface area (Å²) in [5.74, 6) is -2.57. The highest BCUT2D eigenvalue weighted by molar-refractivity contribution is 5.98. The van der Waals surface area contributed by atoms with Gasteiger partial charge < -0.3 is 14.2 Å². The van der Waals surface area contributed by atoms with Crippen LogP contribution >= 0.6 is 0 Å². The number of ether oxygens (including phenoxy) is 3. The zero-order valence-corrected chi connectivity index (χ0v) is 36.5. The third kappa shape index (κ3) is 25.6. The van der Waals surface area contributed by atoms with E-state index in [-0.39, 0.29) is 13.2 Å². The van der Waals surface area contributed by atoms with Crippen LogP contribution in [0.5, 0.6) is 5.75 Å². The van der Waals surface area contributed by atoms with E-state index in [4.69, 9.17) is 14.2 Å². The van der Waals surface area contributed by atoms with Crippen molar-refractivity contribution in [1.29, 1.82) is 0 Å². The molecule has 0 aliphatic heterocycles. The molecule has 7 nitrogen and oxygen atoms in total. The van der Waals surface area contributed by atoms with Gasteiger partial charge in [-0.05, 0) is 54.8 Å². The second-order valence-electron chi connectivity index (χ2n) is 16.1. The maximum absolute atomic E-state index is 13.2. The van der Waals surface area contributed by atoms with Crippen molar-refractivity contribution in [1.82, 2.24) is 0 Å². The lowest BCUT2D eigenvalue weighted by Gasteiger charge is -2.13. The van der Waals surface area contributed by atoms with Gasteiger partial charge in [0, 0.05) is 5.56 Å². The Morgan fingerprint density at radius 1 is 0.466 bits per heavy atom. The fourth-order valence-corrected chi connectivity index (χ4v) is 7.09. The third-order valence-corrected chi connectivity index (χ3v) is 10.8. The van der Waals surface area contributed by atoms with Crippen molar-refractivity contribution in [2.24, 2.45) is 5.92 Å². The Balaban J connectivity index is 1.76. The number of hydrogen-bond acceptors (Lipinski definition) is 7. The maximum atomic E-state index is 13.2. The summed E-state index contributed by atoms with van der Waals surface area (Å²) in [5.41, 5.74) is 1.54. The zero-order chi connectivity index (χ0) is 41.7. The molecule has 0 radical (unpaired) electrons. The Hall–Kier alpha value is -3.74. The predicted molar refractivity (Wildman–Crippen MR) is 238 cm³/mol. The Kier molecular flexibility index (Phi) is 30.6. The molecule has 0 aromatic heterocycles. The van der Waals surface area contributed by atoms with E-state index in [1.54, 1.807) is 54.6 Å². The molecule has 2 aromatic rings. The number of hydrogen-bond donors (Lipinski definition) is 0. The Bertz CT molecular complexity index is 1320. The van der Waals surface area contributed by atoms with E-state index in [1.807, 2.05) is 0 Å². The normalized spacial score (nSPS) is 11.3. The van der Waals surface area contributed by atoms with Crippen LogP contribution in [-0.2, 0) is 19.1 Å². The number of esters is 3. The van der Waals surface area contributed by atoms with E-state index < -0.39 is 23.8 Å². The van der Waals surface area contributed by atoms with E-state index in [1.165, 1.54) is 147 Å². The van der Waals surface area contributed by atoms with Gasteiger partial charge >= 0.3 is 17.9 Å². The van der Waals surface area contributed by atoms with Crippen LogP contribution in [0.2, 0.25) is 0 Å². The first-order chi connectivity index (χ1) is 28.5. The summed E-state index contributed by atoms with van der Waals surface area (Å²) < 4.78 is 16.6. The van der Waals surface area contributed by atoms with E-state index in [0.29, 0.717) is 22.4 Å². The lowest BCUT2D eigenvalue weighted by atomic mass is 10.0. The Morgan fingerprint density at radius 3 is 1.17 bits per heavy atom. The molecule has 2 aromatic carbocycles. The molecule has 0 saturated heterocycles. The molecule has 0 spiro atoms. The minimum absolute atomic E-state index is 0.280. The predicted octanol–water partition coefficient (Wildman–Crippen LogP) is 14.4. The molecule has 0 atom stereocenters. The summed E-state index contributed by atoms with van der Waals surface area (Å²) in [4.78, 5) is 50.0. The van der Waals surface area contributed by atoms with Gasteiger partial charge in [0.05, 0.1) is 18.8 Å². The van der Waals surface area contributed by atoms with Gasteiger partial charge in [0.2, 0.25) is 0 Å². The van der Waals surface area contributed by atoms with Crippen molar-refractivity contribution < 1.29 is 33.4 Å². The first-order valence-electron chi connectivity index (χ1n) is 23.4. The topological polar surface area (TPSA) is 96.0 Å². The molecular weight excluding hydrogens is 725 g/mol. The van der Waals surface area contributed by atoms with Crippen LogP contribution in [-0.4, -0.2) is 37.4 Å². The lowest BCUT2D eigenvalue weighted by Crippen LogP contribution is -2.27. The van der Waals surface area contributed by atoms with E-state index in [2.05, 4.69) is 13.8 Å². The van der Waals surface area contributed by atoms with Gasteiger partial charge in [-0.3, -0.25) is 14.4 Å². The smallest absolute Gasteiger partial charge is 0.343 e. The average Bonchev–Trinajstić information content (AvgIpc) is 3.24. The quantitative estimate of drug-likeness (QED) is 0.0221. The molecule has 0 bridgehead atoms. The highest BCUT2D eigenvalue weighted by Crippen LogP contribution is 2.18. The zero-order valence-electron chi connectivity index (χ0n) is 36.5. The van der Waals surface area contributed by atoms with E-state index >= 15 is 0 Å². The van der Waals surface area contributed by atoms with Crippen LogP contribution in [0.4, 0.5) is 0 Å². The highest BCUT2D eigenvalue weighted by Gasteiger charge is 2.27. The number of unbranched alkanes of at least 4 members (excludes halogenated alkanes) is 26. The van der Waals surface area contributed by atoms with Crippen LogP contribution in [0.15, 0.2) is 54.6 Å². The minimum atomic E-state index is -1.17. The van der Waals surface area contributed by atoms with Crippen molar-refractivity contribution in [3.63, 3.8) is 0 Å². The molecular formula is C51H78O7. The summed E-state index contributed by atoms with van der Waals surface area (Å²) in [6.07, 6.45) is 38.9. The van der Waals surface area contributed by atoms with Crippen LogP contribution in [0.3, 0.4) is 0 Å². The fourth-order valence-electron chi connectivity index (χ4n) is 7.09. The van der Waals surface area contributed by atoms with Crippen LogP contribution < -0.4 is 4.74 Å². The lowest BCUT2D eigenvalue weighted by molar-refractivity contribution is -0.159. The Morgan fingerprint density at radius 2 is 0.810 bits per heavy atom. The molecule has 0 aliphatic rings. The summed E-state index contributed by atoms with van der Waals surface area (Å²) in [5, 5.41) is 0. The molecule has 0 unspecified atom stereocenters. The first-order valence-corrected chi connectivity index (χ1v) is 23.4. The van der Waals surface area contributed by atoms with Crippen molar-refractivity contribution >= 4 is 30.3 Å². The van der Waals surface area contributed by atoms with Crippen molar-refractivity contribution in [3.05, 3.63) is 71.3 Å². The maximum Gasteiger partial charge on any atom is 0.343 e. The first kappa shape index (κ1) is 50.4. The van der Waals surface area contributed by atoms with Gasteiger partial charge in [-0.1, -0.05) is 205 Å². The highest BCUT2D eigenvalue weighted by atomic mass is 16.6. The van der Waals surface area contributed by atoms with Gasteiger partial charge in [-0.2, -0.15) is 0 Å². The van der Waals surface area contributed by atoms with Crippen molar-refractivity contribution in [2.45, 2.75) is 194 Å². The van der Waals surface area contributed by atoms with Crippen LogP contribution in [0, 0.1) is 5.92 Å². The SMILES string of the molecule is CCCCCCCCCCCCCCCCOC(=O)C(C=Cc1ccc(C(=O)Oc2ccc(C=O)cc2)cc1)C(=O)OCCCCCCCCCCCCCCCC. The summed E-state index contributed by atoms with van der Waals surface area (Å²) in [6.45, 7) is 5.08. The third-order valence-electron chi connectivity index (χ3n) is 10.8. The second kappa shape index (κ2) is 35.2. The number of benzene rings is 2. The average molecular weight is 803 g/mol. The van der Waals surface area contributed by atoms with E-state index in [9.17, 15) is 19.2 Å². The molecule has 0 saturated carbocycles. The second-order valence-corrected chi connectivity index (χ2v) is 16.1. The molecule has 7 heteroatoms. The van der Waals surface area contributed by atoms with Crippen molar-refractivity contribution in [2.75, 3.05) is 13.2 Å². The number of rotatable bonds is 37. The molecule has 2 rings (SSSR count). The van der Waals surface area contributed by atoms with Gasteiger partial charge in [0.15, 0.2) is 5.92 Å². The number of aldehydes is 1. The standard InChI is InChI=1S/C51H78O7/c1-3-5-7-9-11-13-15-17-19-21-23-25-27-29-41-56-50(54)48(51(55)57-42-30-28-26-24-22-20-18-16-14-12-10-8-6-4-2)40-35-44-31-36-46(37-32-44)49(53)58-47-38-33-45(43-52)34-39-47/h31-40,43,48H,3-30,41-42H2,1-2H3. The largest absolute Gasteiger partial charge is 0.465 e. The molecule has 0 fully saturated rings. The summed E-state index contributed by atoms with van der Waals surface area (Å²) >= 11 is 0. The Labute approximate surface area is 352 Å². The van der Waals surface area contributed by atoms with Gasteiger partial charge in [-0.25, -0.2) is 4.79 Å². The number of carbonyl (C=O) groups excluding carboxylic acids is 4. The molecule has 0 heterocycles.